The van der Waals surface area contributed by atoms with Gasteiger partial charge in [0.2, 0.25) is 5.91 Å². The van der Waals surface area contributed by atoms with Crippen molar-refractivity contribution in [2.45, 2.75) is 33.1 Å². The van der Waals surface area contributed by atoms with Crippen molar-refractivity contribution in [2.75, 3.05) is 25.0 Å². The van der Waals surface area contributed by atoms with Crippen molar-refractivity contribution >= 4 is 29.9 Å². The minimum atomic E-state index is -0.0904. The predicted octanol–water partition coefficient (Wildman–Crippen LogP) is 2.58. The van der Waals surface area contributed by atoms with Crippen LogP contribution in [0.1, 0.15) is 43.5 Å². The zero-order valence-corrected chi connectivity index (χ0v) is 14.6. The van der Waals surface area contributed by atoms with E-state index in [1.165, 1.54) is 0 Å². The number of amides is 2. The largest absolute Gasteiger partial charge is 0.351 e. The number of carbonyl (C=O) groups is 2. The summed E-state index contributed by atoms with van der Waals surface area (Å²) in [6.07, 6.45) is 2.56. The third-order valence-electron chi connectivity index (χ3n) is 4.22. The normalized spacial score (nSPS) is 16.1. The summed E-state index contributed by atoms with van der Waals surface area (Å²) in [6, 6.07) is 7.06. The van der Waals surface area contributed by atoms with Crippen molar-refractivity contribution in [1.82, 2.24) is 10.6 Å². The average molecular weight is 340 g/mol. The zero-order valence-electron chi connectivity index (χ0n) is 13.8. The van der Waals surface area contributed by atoms with Gasteiger partial charge in [-0.3, -0.25) is 9.59 Å². The first-order chi connectivity index (χ1) is 10.5. The summed E-state index contributed by atoms with van der Waals surface area (Å²) in [5, 5.41) is 9.13. The van der Waals surface area contributed by atoms with Gasteiger partial charge in [0.15, 0.2) is 0 Å². The summed E-state index contributed by atoms with van der Waals surface area (Å²) in [4.78, 5) is 23.7. The topological polar surface area (TPSA) is 70.2 Å². The second-order valence-corrected chi connectivity index (χ2v) is 6.23. The van der Waals surface area contributed by atoms with E-state index >= 15 is 0 Å². The molecule has 0 spiro atoms. The van der Waals surface area contributed by atoms with Gasteiger partial charge in [0.05, 0.1) is 0 Å². The van der Waals surface area contributed by atoms with E-state index in [2.05, 4.69) is 22.9 Å². The molecule has 23 heavy (non-hydrogen) atoms. The highest BCUT2D eigenvalue weighted by Crippen LogP contribution is 2.26. The second kappa shape index (κ2) is 8.89. The van der Waals surface area contributed by atoms with Gasteiger partial charge in [-0.05, 0) is 49.5 Å². The Labute approximate surface area is 144 Å². The van der Waals surface area contributed by atoms with Crippen molar-refractivity contribution in [3.63, 3.8) is 0 Å². The molecule has 1 aliphatic heterocycles. The SMILES string of the molecule is CCC(=O)Nc1cccc(C(=O)NCC2(C)CCNCC2)c1.Cl. The lowest BCUT2D eigenvalue weighted by Crippen LogP contribution is -2.42. The first kappa shape index (κ1) is 19.5. The maximum atomic E-state index is 12.3. The molecule has 1 heterocycles. The van der Waals surface area contributed by atoms with Crippen LogP contribution in [-0.4, -0.2) is 31.4 Å². The Kier molecular flexibility index (Phi) is 7.52. The van der Waals surface area contributed by atoms with Gasteiger partial charge in [-0.25, -0.2) is 0 Å². The Morgan fingerprint density at radius 2 is 1.96 bits per heavy atom. The molecule has 5 nitrogen and oxygen atoms in total. The number of piperidine rings is 1. The van der Waals surface area contributed by atoms with Crippen LogP contribution in [0.3, 0.4) is 0 Å². The van der Waals surface area contributed by atoms with Gasteiger partial charge in [0, 0.05) is 24.2 Å². The maximum Gasteiger partial charge on any atom is 0.251 e. The quantitative estimate of drug-likeness (QED) is 0.772. The third kappa shape index (κ3) is 5.84. The molecular formula is C17H26ClN3O2. The monoisotopic (exact) mass is 339 g/mol. The van der Waals surface area contributed by atoms with Crippen molar-refractivity contribution in [1.29, 1.82) is 0 Å². The van der Waals surface area contributed by atoms with Gasteiger partial charge in [-0.1, -0.05) is 19.9 Å². The van der Waals surface area contributed by atoms with Crippen molar-refractivity contribution in [2.24, 2.45) is 5.41 Å². The highest BCUT2D eigenvalue weighted by Gasteiger charge is 2.27. The number of hydrogen-bond acceptors (Lipinski definition) is 3. The van der Waals surface area contributed by atoms with Gasteiger partial charge in [0.1, 0.15) is 0 Å². The number of hydrogen-bond donors (Lipinski definition) is 3. The molecule has 128 valence electrons. The molecule has 2 rings (SSSR count). The van der Waals surface area contributed by atoms with Crippen LogP contribution in [0.4, 0.5) is 5.69 Å². The van der Waals surface area contributed by atoms with Gasteiger partial charge >= 0.3 is 0 Å². The highest BCUT2D eigenvalue weighted by molar-refractivity contribution is 5.97. The van der Waals surface area contributed by atoms with Crippen molar-refractivity contribution in [3.8, 4) is 0 Å². The van der Waals surface area contributed by atoms with Crippen LogP contribution in [0, 0.1) is 5.41 Å². The molecule has 0 unspecified atom stereocenters. The average Bonchev–Trinajstić information content (AvgIpc) is 2.53. The first-order valence-electron chi connectivity index (χ1n) is 7.91. The molecule has 0 radical (unpaired) electrons. The van der Waals surface area contributed by atoms with E-state index in [0.29, 0.717) is 24.2 Å². The number of carbonyl (C=O) groups excluding carboxylic acids is 2. The smallest absolute Gasteiger partial charge is 0.251 e. The van der Waals surface area contributed by atoms with Crippen LogP contribution < -0.4 is 16.0 Å². The van der Waals surface area contributed by atoms with Gasteiger partial charge in [-0.15, -0.1) is 12.4 Å². The van der Waals surface area contributed by atoms with Crippen LogP contribution in [0.25, 0.3) is 0 Å². The van der Waals surface area contributed by atoms with E-state index in [1.807, 2.05) is 0 Å². The predicted molar refractivity (Wildman–Crippen MR) is 95.2 cm³/mol. The number of nitrogens with one attached hydrogen (secondary N) is 3. The van der Waals surface area contributed by atoms with Crippen molar-refractivity contribution in [3.05, 3.63) is 29.8 Å². The Bertz CT molecular complexity index is 542. The minimum Gasteiger partial charge on any atom is -0.351 e. The molecule has 6 heteroatoms. The zero-order chi connectivity index (χ0) is 16.0. The molecule has 1 aromatic rings. The van der Waals surface area contributed by atoms with Crippen LogP contribution in [0.5, 0.6) is 0 Å². The molecule has 3 N–H and O–H groups in total. The minimum absolute atomic E-state index is 0. The molecule has 0 bridgehead atoms. The second-order valence-electron chi connectivity index (χ2n) is 6.23. The Morgan fingerprint density at radius 1 is 1.26 bits per heavy atom. The summed E-state index contributed by atoms with van der Waals surface area (Å²) in [7, 11) is 0. The van der Waals surface area contributed by atoms with Crippen LogP contribution >= 0.6 is 12.4 Å². The Hall–Kier alpha value is -1.59. The molecule has 1 fully saturated rings. The fourth-order valence-electron chi connectivity index (χ4n) is 2.59. The molecule has 1 aromatic carbocycles. The molecule has 2 amide bonds. The maximum absolute atomic E-state index is 12.3. The lowest BCUT2D eigenvalue weighted by Gasteiger charge is -2.34. The molecule has 0 aromatic heterocycles. The molecule has 0 atom stereocenters. The van der Waals surface area contributed by atoms with Crippen LogP contribution in [0.15, 0.2) is 24.3 Å². The highest BCUT2D eigenvalue weighted by atomic mass is 35.5. The van der Waals surface area contributed by atoms with Crippen LogP contribution in [-0.2, 0) is 4.79 Å². The standard InChI is InChI=1S/C17H25N3O2.ClH/c1-3-15(21)20-14-6-4-5-13(11-14)16(22)19-12-17(2)7-9-18-10-8-17;/h4-6,11,18H,3,7-10,12H2,1-2H3,(H,19,22)(H,20,21);1H. The fourth-order valence-corrected chi connectivity index (χ4v) is 2.59. The molecular weight excluding hydrogens is 314 g/mol. The number of benzene rings is 1. The van der Waals surface area contributed by atoms with E-state index in [1.54, 1.807) is 31.2 Å². The van der Waals surface area contributed by atoms with E-state index in [4.69, 9.17) is 0 Å². The molecule has 1 aliphatic rings. The van der Waals surface area contributed by atoms with E-state index < -0.39 is 0 Å². The lowest BCUT2D eigenvalue weighted by molar-refractivity contribution is -0.115. The lowest BCUT2D eigenvalue weighted by atomic mass is 9.81. The Balaban J connectivity index is 0.00000264. The third-order valence-corrected chi connectivity index (χ3v) is 4.22. The molecule has 0 aliphatic carbocycles. The number of rotatable bonds is 5. The van der Waals surface area contributed by atoms with Crippen molar-refractivity contribution < 1.29 is 9.59 Å². The first-order valence-corrected chi connectivity index (χ1v) is 7.91. The van der Waals surface area contributed by atoms with Gasteiger partial charge in [0.25, 0.3) is 5.91 Å². The molecule has 1 saturated heterocycles. The van der Waals surface area contributed by atoms with Gasteiger partial charge < -0.3 is 16.0 Å². The number of halogens is 1. The molecule has 0 saturated carbocycles. The fraction of sp³-hybridized carbons (Fsp3) is 0.529. The van der Waals surface area contributed by atoms with E-state index in [-0.39, 0.29) is 29.6 Å². The van der Waals surface area contributed by atoms with E-state index in [0.717, 1.165) is 25.9 Å². The number of anilines is 1. The summed E-state index contributed by atoms with van der Waals surface area (Å²) >= 11 is 0. The van der Waals surface area contributed by atoms with Gasteiger partial charge in [-0.2, -0.15) is 0 Å². The van der Waals surface area contributed by atoms with E-state index in [9.17, 15) is 9.59 Å². The summed E-state index contributed by atoms with van der Waals surface area (Å²) in [5.41, 5.74) is 1.40. The Morgan fingerprint density at radius 3 is 2.61 bits per heavy atom. The van der Waals surface area contributed by atoms with Crippen LogP contribution in [0.2, 0.25) is 0 Å². The summed E-state index contributed by atoms with van der Waals surface area (Å²) < 4.78 is 0. The summed E-state index contributed by atoms with van der Waals surface area (Å²) in [5.74, 6) is -0.146. The summed E-state index contributed by atoms with van der Waals surface area (Å²) in [6.45, 7) is 6.70.